The van der Waals surface area contributed by atoms with E-state index in [2.05, 4.69) is 17.6 Å². The summed E-state index contributed by atoms with van der Waals surface area (Å²) in [6.45, 7) is 2.80. The van der Waals surface area contributed by atoms with Crippen molar-refractivity contribution in [1.29, 1.82) is 0 Å². The molecule has 2 amide bonds. The van der Waals surface area contributed by atoms with Crippen LogP contribution >= 0.6 is 0 Å². The smallest absolute Gasteiger partial charge is 0.329 e. The van der Waals surface area contributed by atoms with Crippen LogP contribution in [0.25, 0.3) is 0 Å². The highest BCUT2D eigenvalue weighted by molar-refractivity contribution is 5.88. The van der Waals surface area contributed by atoms with Crippen molar-refractivity contribution in [2.45, 2.75) is 51.0 Å². The second-order valence-corrected chi connectivity index (χ2v) is 5.40. The number of amides is 2. The standard InChI is InChI=1S/C12H20N2O3/c1-2-11(4-3-5-11)8-13-10(17)14-12(6-7-12)9(15)16/h2-8H2,1H3,(H,15,16)(H2,13,14,17). The van der Waals surface area contributed by atoms with Crippen LogP contribution in [0.5, 0.6) is 0 Å². The van der Waals surface area contributed by atoms with Crippen molar-refractivity contribution in [2.75, 3.05) is 6.54 Å². The van der Waals surface area contributed by atoms with Gasteiger partial charge in [-0.2, -0.15) is 0 Å². The maximum absolute atomic E-state index is 11.6. The molecule has 17 heavy (non-hydrogen) atoms. The minimum atomic E-state index is -0.983. The van der Waals surface area contributed by atoms with Crippen molar-refractivity contribution in [3.8, 4) is 0 Å². The Morgan fingerprint density at radius 2 is 1.88 bits per heavy atom. The lowest BCUT2D eigenvalue weighted by atomic mass is 9.67. The van der Waals surface area contributed by atoms with E-state index < -0.39 is 11.5 Å². The summed E-state index contributed by atoms with van der Waals surface area (Å²) >= 11 is 0. The SMILES string of the molecule is CCC1(CNC(=O)NC2(C(=O)O)CC2)CCC1. The first kappa shape index (κ1) is 12.2. The van der Waals surface area contributed by atoms with Gasteiger partial charge in [0.1, 0.15) is 5.54 Å². The third-order valence-corrected chi connectivity index (χ3v) is 4.30. The molecule has 0 aromatic carbocycles. The van der Waals surface area contributed by atoms with Gasteiger partial charge >= 0.3 is 12.0 Å². The zero-order valence-corrected chi connectivity index (χ0v) is 10.2. The van der Waals surface area contributed by atoms with Crippen molar-refractivity contribution >= 4 is 12.0 Å². The lowest BCUT2D eigenvalue weighted by molar-refractivity contribution is -0.140. The second kappa shape index (κ2) is 4.20. The van der Waals surface area contributed by atoms with Crippen molar-refractivity contribution in [3.05, 3.63) is 0 Å². The molecule has 5 heteroatoms. The van der Waals surface area contributed by atoms with Crippen LogP contribution in [-0.2, 0) is 4.79 Å². The molecule has 0 heterocycles. The molecule has 2 fully saturated rings. The third kappa shape index (κ3) is 2.37. The molecule has 96 valence electrons. The van der Waals surface area contributed by atoms with Gasteiger partial charge in [-0.15, -0.1) is 0 Å². The molecule has 2 aliphatic rings. The van der Waals surface area contributed by atoms with Crippen LogP contribution in [-0.4, -0.2) is 29.2 Å². The van der Waals surface area contributed by atoms with Gasteiger partial charge in [0, 0.05) is 6.54 Å². The Kier molecular flexibility index (Phi) is 3.02. The van der Waals surface area contributed by atoms with Gasteiger partial charge in [-0.05, 0) is 37.5 Å². The molecule has 0 saturated heterocycles. The van der Waals surface area contributed by atoms with E-state index in [9.17, 15) is 9.59 Å². The maximum Gasteiger partial charge on any atom is 0.329 e. The van der Waals surface area contributed by atoms with Crippen LogP contribution in [0.2, 0.25) is 0 Å². The number of rotatable bonds is 5. The molecule has 0 atom stereocenters. The molecule has 3 N–H and O–H groups in total. The summed E-state index contributed by atoms with van der Waals surface area (Å²) in [5.41, 5.74) is -0.722. The largest absolute Gasteiger partial charge is 0.480 e. The molecule has 0 aliphatic heterocycles. The lowest BCUT2D eigenvalue weighted by Gasteiger charge is -2.41. The number of urea groups is 1. The summed E-state index contributed by atoms with van der Waals surface area (Å²) in [5, 5.41) is 14.3. The number of carboxylic acids is 1. The summed E-state index contributed by atoms with van der Waals surface area (Å²) in [6, 6.07) is -0.343. The highest BCUT2D eigenvalue weighted by Gasteiger charge is 2.51. The molecule has 2 aliphatic carbocycles. The summed E-state index contributed by atoms with van der Waals surface area (Å²) in [6.07, 6.45) is 5.69. The maximum atomic E-state index is 11.6. The van der Waals surface area contributed by atoms with Crippen molar-refractivity contribution < 1.29 is 14.7 Å². The van der Waals surface area contributed by atoms with Crippen LogP contribution in [0.3, 0.4) is 0 Å². The Morgan fingerprint density at radius 3 is 2.24 bits per heavy atom. The van der Waals surface area contributed by atoms with Gasteiger partial charge in [0.2, 0.25) is 0 Å². The normalized spacial score (nSPS) is 23.4. The molecule has 2 rings (SSSR count). The van der Waals surface area contributed by atoms with Crippen molar-refractivity contribution in [3.63, 3.8) is 0 Å². The summed E-state index contributed by atoms with van der Waals surface area (Å²) < 4.78 is 0. The van der Waals surface area contributed by atoms with Crippen molar-refractivity contribution in [1.82, 2.24) is 10.6 Å². The fourth-order valence-corrected chi connectivity index (χ4v) is 2.38. The predicted octanol–water partition coefficient (Wildman–Crippen LogP) is 1.48. The molecule has 2 saturated carbocycles. The van der Waals surface area contributed by atoms with Crippen LogP contribution in [0.15, 0.2) is 0 Å². The zero-order valence-electron chi connectivity index (χ0n) is 10.2. The zero-order chi connectivity index (χ0) is 12.5. The highest BCUT2D eigenvalue weighted by atomic mass is 16.4. The van der Waals surface area contributed by atoms with Gasteiger partial charge in [0.25, 0.3) is 0 Å². The van der Waals surface area contributed by atoms with E-state index in [1.54, 1.807) is 0 Å². The van der Waals surface area contributed by atoms with E-state index in [0.29, 0.717) is 19.4 Å². The molecular weight excluding hydrogens is 220 g/mol. The number of carboxylic acid groups (broad SMARTS) is 1. The van der Waals surface area contributed by atoms with Gasteiger partial charge in [-0.25, -0.2) is 9.59 Å². The molecule has 0 unspecified atom stereocenters. The predicted molar refractivity (Wildman–Crippen MR) is 62.7 cm³/mol. The molecule has 0 aromatic rings. The monoisotopic (exact) mass is 240 g/mol. The van der Waals surface area contributed by atoms with Gasteiger partial charge < -0.3 is 15.7 Å². The Morgan fingerprint density at radius 1 is 1.24 bits per heavy atom. The Balaban J connectivity index is 1.76. The van der Waals surface area contributed by atoms with Gasteiger partial charge in [0.15, 0.2) is 0 Å². The fourth-order valence-electron chi connectivity index (χ4n) is 2.38. The summed E-state index contributed by atoms with van der Waals surface area (Å²) in [4.78, 5) is 22.5. The highest BCUT2D eigenvalue weighted by Crippen LogP contribution is 2.43. The number of carbonyl (C=O) groups excluding carboxylic acids is 1. The molecule has 5 nitrogen and oxygen atoms in total. The molecule has 0 aromatic heterocycles. The van der Waals surface area contributed by atoms with E-state index in [1.165, 1.54) is 6.42 Å². The van der Waals surface area contributed by atoms with E-state index in [-0.39, 0.29) is 11.4 Å². The quantitative estimate of drug-likeness (QED) is 0.681. The Hall–Kier alpha value is -1.26. The van der Waals surface area contributed by atoms with Crippen molar-refractivity contribution in [2.24, 2.45) is 5.41 Å². The number of hydrogen-bond donors (Lipinski definition) is 3. The first-order valence-corrected chi connectivity index (χ1v) is 6.31. The average molecular weight is 240 g/mol. The number of nitrogens with one attached hydrogen (secondary N) is 2. The molecular formula is C12H20N2O3. The number of aliphatic carboxylic acids is 1. The minimum absolute atomic E-state index is 0.261. The second-order valence-electron chi connectivity index (χ2n) is 5.40. The number of carbonyl (C=O) groups is 2. The third-order valence-electron chi connectivity index (χ3n) is 4.30. The minimum Gasteiger partial charge on any atom is -0.480 e. The van der Waals surface area contributed by atoms with E-state index >= 15 is 0 Å². The van der Waals surface area contributed by atoms with Gasteiger partial charge in [-0.3, -0.25) is 0 Å². The molecule has 0 radical (unpaired) electrons. The molecule has 0 bridgehead atoms. The lowest BCUT2D eigenvalue weighted by Crippen LogP contribution is -2.51. The Bertz CT molecular complexity index is 327. The van der Waals surface area contributed by atoms with Crippen LogP contribution < -0.4 is 10.6 Å². The topological polar surface area (TPSA) is 78.4 Å². The van der Waals surface area contributed by atoms with E-state index in [1.807, 2.05) is 0 Å². The summed E-state index contributed by atoms with van der Waals surface area (Å²) in [5.74, 6) is -0.929. The van der Waals surface area contributed by atoms with Gasteiger partial charge in [0.05, 0.1) is 0 Å². The van der Waals surface area contributed by atoms with E-state index in [0.717, 1.165) is 19.3 Å². The van der Waals surface area contributed by atoms with Crippen LogP contribution in [0.4, 0.5) is 4.79 Å². The van der Waals surface area contributed by atoms with Crippen LogP contribution in [0.1, 0.15) is 45.4 Å². The van der Waals surface area contributed by atoms with Crippen LogP contribution in [0, 0.1) is 5.41 Å². The fraction of sp³-hybridized carbons (Fsp3) is 0.833. The first-order chi connectivity index (χ1) is 8.02. The van der Waals surface area contributed by atoms with Gasteiger partial charge in [-0.1, -0.05) is 13.3 Å². The Labute approximate surface area is 101 Å². The summed E-state index contributed by atoms with van der Waals surface area (Å²) in [7, 11) is 0. The first-order valence-electron chi connectivity index (χ1n) is 6.31. The molecule has 0 spiro atoms. The van der Waals surface area contributed by atoms with E-state index in [4.69, 9.17) is 5.11 Å². The number of hydrogen-bond acceptors (Lipinski definition) is 2. The average Bonchev–Trinajstić information content (AvgIpc) is 2.98.